The first-order chi connectivity index (χ1) is 15.4. The topological polar surface area (TPSA) is 127 Å². The van der Waals surface area contributed by atoms with E-state index in [1.54, 1.807) is 60.7 Å². The van der Waals surface area contributed by atoms with Crippen LogP contribution in [0.5, 0.6) is 11.5 Å². The first-order valence-corrected chi connectivity index (χ1v) is 9.51. The summed E-state index contributed by atoms with van der Waals surface area (Å²) in [4.78, 5) is 21.8. The summed E-state index contributed by atoms with van der Waals surface area (Å²) in [7, 11) is 0. The molecule has 0 unspecified atom stereocenters. The van der Waals surface area contributed by atoms with E-state index in [4.69, 9.17) is 0 Å². The second-order valence-corrected chi connectivity index (χ2v) is 7.03. The third-order valence-corrected chi connectivity index (χ3v) is 5.08. The summed E-state index contributed by atoms with van der Waals surface area (Å²) in [5, 5.41) is 44.2. The summed E-state index contributed by atoms with van der Waals surface area (Å²) in [5.74, 6) is -0.997. The number of nitro groups is 2. The maximum absolute atomic E-state index is 11.6. The van der Waals surface area contributed by atoms with Gasteiger partial charge in [-0.2, -0.15) is 0 Å². The zero-order chi connectivity index (χ0) is 22.8. The second-order valence-electron chi connectivity index (χ2n) is 7.03. The second kappa shape index (κ2) is 8.19. The summed E-state index contributed by atoms with van der Waals surface area (Å²) in [6, 6.07) is 22.6. The van der Waals surface area contributed by atoms with Crippen LogP contribution in [-0.4, -0.2) is 20.1 Å². The molecule has 0 aromatic heterocycles. The van der Waals surface area contributed by atoms with Crippen molar-refractivity contribution in [1.82, 2.24) is 0 Å². The van der Waals surface area contributed by atoms with Gasteiger partial charge in [0.05, 0.1) is 9.85 Å². The summed E-state index contributed by atoms with van der Waals surface area (Å²) in [6.45, 7) is 0. The number of rotatable bonds is 5. The van der Waals surface area contributed by atoms with Crippen molar-refractivity contribution in [2.45, 2.75) is 0 Å². The van der Waals surface area contributed by atoms with Gasteiger partial charge in [0, 0.05) is 23.3 Å². The van der Waals surface area contributed by atoms with E-state index < -0.39 is 32.7 Å². The van der Waals surface area contributed by atoms with Gasteiger partial charge in [-0.1, -0.05) is 60.7 Å². The fourth-order valence-corrected chi connectivity index (χ4v) is 3.53. The molecule has 0 fully saturated rings. The van der Waals surface area contributed by atoms with Crippen LogP contribution in [-0.2, 0) is 0 Å². The molecule has 0 heterocycles. The fourth-order valence-electron chi connectivity index (χ4n) is 3.53. The normalized spacial score (nSPS) is 10.6. The van der Waals surface area contributed by atoms with Crippen molar-refractivity contribution in [3.8, 4) is 44.9 Å². The van der Waals surface area contributed by atoms with Crippen molar-refractivity contribution in [2.24, 2.45) is 0 Å². The Morgan fingerprint density at radius 1 is 0.531 bits per heavy atom. The van der Waals surface area contributed by atoms with Gasteiger partial charge >= 0.3 is 11.4 Å². The van der Waals surface area contributed by atoms with E-state index >= 15 is 0 Å². The first kappa shape index (κ1) is 20.5. The molecule has 0 bridgehead atoms. The zero-order valence-corrected chi connectivity index (χ0v) is 16.5. The van der Waals surface area contributed by atoms with Gasteiger partial charge in [-0.3, -0.25) is 20.2 Å². The SMILES string of the molecule is O=[N+]([O-])c1cc(-c2cc(-c3ccccc3)c(O)c([N+](=O)[O-])c2)cc(-c2ccccc2)c1O. The average molecular weight is 428 g/mol. The molecule has 4 aromatic rings. The number of aromatic hydroxyl groups is 2. The van der Waals surface area contributed by atoms with Crippen molar-refractivity contribution in [2.75, 3.05) is 0 Å². The van der Waals surface area contributed by atoms with Crippen LogP contribution < -0.4 is 0 Å². The minimum absolute atomic E-state index is 0.215. The van der Waals surface area contributed by atoms with Crippen LogP contribution in [0.2, 0.25) is 0 Å². The molecule has 4 aromatic carbocycles. The van der Waals surface area contributed by atoms with E-state index in [1.807, 2.05) is 0 Å². The van der Waals surface area contributed by atoms with Crippen LogP contribution in [0.15, 0.2) is 84.9 Å². The molecular weight excluding hydrogens is 412 g/mol. The van der Waals surface area contributed by atoms with Crippen molar-refractivity contribution >= 4 is 11.4 Å². The lowest BCUT2D eigenvalue weighted by molar-refractivity contribution is -0.386. The Labute approximate surface area is 181 Å². The Kier molecular flexibility index (Phi) is 5.26. The monoisotopic (exact) mass is 428 g/mol. The minimum Gasteiger partial charge on any atom is -0.502 e. The van der Waals surface area contributed by atoms with Crippen LogP contribution in [0.25, 0.3) is 33.4 Å². The van der Waals surface area contributed by atoms with Gasteiger partial charge in [0.15, 0.2) is 0 Å². The van der Waals surface area contributed by atoms with Gasteiger partial charge < -0.3 is 10.2 Å². The molecule has 0 radical (unpaired) electrons. The summed E-state index contributed by atoms with van der Waals surface area (Å²) >= 11 is 0. The molecule has 32 heavy (non-hydrogen) atoms. The Morgan fingerprint density at radius 3 is 1.19 bits per heavy atom. The maximum Gasteiger partial charge on any atom is 0.311 e. The molecule has 158 valence electrons. The number of phenolic OH excluding ortho intramolecular Hbond substituents is 2. The molecule has 0 saturated heterocycles. The first-order valence-electron chi connectivity index (χ1n) is 9.51. The van der Waals surface area contributed by atoms with Gasteiger partial charge in [-0.05, 0) is 34.4 Å². The standard InChI is InChI=1S/C24H16N2O6/c27-23-19(15-7-3-1-4-8-15)11-17(13-21(23)25(29)30)18-12-20(16-9-5-2-6-10-16)24(28)22(14-18)26(31)32/h1-14,27-28H. The predicted octanol–water partition coefficient (Wildman–Crippen LogP) is 5.92. The van der Waals surface area contributed by atoms with Crippen LogP contribution in [0, 0.1) is 20.2 Å². The Morgan fingerprint density at radius 2 is 0.875 bits per heavy atom. The van der Waals surface area contributed by atoms with Crippen molar-refractivity contribution in [3.05, 3.63) is 105 Å². The molecule has 0 amide bonds. The summed E-state index contributed by atoms with van der Waals surface area (Å²) < 4.78 is 0. The largest absolute Gasteiger partial charge is 0.502 e. The molecule has 0 aliphatic heterocycles. The molecular formula is C24H16N2O6. The van der Waals surface area contributed by atoms with E-state index in [0.29, 0.717) is 11.1 Å². The van der Waals surface area contributed by atoms with E-state index in [2.05, 4.69) is 0 Å². The highest BCUT2D eigenvalue weighted by Gasteiger charge is 2.24. The highest BCUT2D eigenvalue weighted by Crippen LogP contribution is 2.45. The Hall–Kier alpha value is -4.72. The number of nitro benzene ring substituents is 2. The van der Waals surface area contributed by atoms with E-state index in [9.17, 15) is 30.4 Å². The fraction of sp³-hybridized carbons (Fsp3) is 0. The molecule has 0 saturated carbocycles. The summed E-state index contributed by atoms with van der Waals surface area (Å²) in [6.07, 6.45) is 0. The Bertz CT molecular complexity index is 1230. The third kappa shape index (κ3) is 3.72. The lowest BCUT2D eigenvalue weighted by Crippen LogP contribution is -1.95. The molecule has 4 rings (SSSR count). The van der Waals surface area contributed by atoms with Crippen molar-refractivity contribution in [3.63, 3.8) is 0 Å². The average Bonchev–Trinajstić information content (AvgIpc) is 2.80. The smallest absolute Gasteiger partial charge is 0.311 e. The van der Waals surface area contributed by atoms with E-state index in [0.717, 1.165) is 12.1 Å². The van der Waals surface area contributed by atoms with Gasteiger partial charge in [-0.25, -0.2) is 0 Å². The van der Waals surface area contributed by atoms with Gasteiger partial charge in [0.2, 0.25) is 11.5 Å². The number of phenols is 2. The van der Waals surface area contributed by atoms with Crippen LogP contribution >= 0.6 is 0 Å². The van der Waals surface area contributed by atoms with Crippen molar-refractivity contribution < 1.29 is 20.1 Å². The number of hydrogen-bond acceptors (Lipinski definition) is 6. The molecule has 2 N–H and O–H groups in total. The number of nitrogens with zero attached hydrogens (tertiary/aromatic N) is 2. The molecule has 0 aliphatic rings. The maximum atomic E-state index is 11.6. The zero-order valence-electron chi connectivity index (χ0n) is 16.5. The minimum atomic E-state index is -0.710. The van der Waals surface area contributed by atoms with Crippen molar-refractivity contribution in [1.29, 1.82) is 0 Å². The third-order valence-electron chi connectivity index (χ3n) is 5.08. The Balaban J connectivity index is 2.01. The molecule has 0 atom stereocenters. The van der Waals surface area contributed by atoms with E-state index in [1.165, 1.54) is 12.1 Å². The number of hydrogen-bond donors (Lipinski definition) is 2. The van der Waals surface area contributed by atoms with Gasteiger partial charge in [0.25, 0.3) is 0 Å². The number of benzene rings is 4. The molecule has 0 aliphatic carbocycles. The molecule has 8 nitrogen and oxygen atoms in total. The molecule has 8 heteroatoms. The lowest BCUT2D eigenvalue weighted by Gasteiger charge is -2.12. The highest BCUT2D eigenvalue weighted by atomic mass is 16.6. The van der Waals surface area contributed by atoms with Crippen LogP contribution in [0.1, 0.15) is 0 Å². The van der Waals surface area contributed by atoms with Gasteiger partial charge in [-0.15, -0.1) is 0 Å². The highest BCUT2D eigenvalue weighted by molar-refractivity contribution is 5.87. The van der Waals surface area contributed by atoms with Gasteiger partial charge in [0.1, 0.15) is 0 Å². The molecule has 0 spiro atoms. The summed E-state index contributed by atoms with van der Waals surface area (Å²) in [5.41, 5.74) is 1.04. The quantitative estimate of drug-likeness (QED) is 0.300. The van der Waals surface area contributed by atoms with E-state index in [-0.39, 0.29) is 22.3 Å². The van der Waals surface area contributed by atoms with Crippen LogP contribution in [0.4, 0.5) is 11.4 Å². The van der Waals surface area contributed by atoms with Crippen LogP contribution in [0.3, 0.4) is 0 Å². The lowest BCUT2D eigenvalue weighted by atomic mass is 9.93. The predicted molar refractivity (Wildman–Crippen MR) is 119 cm³/mol.